The molecule has 0 N–H and O–H groups in total. The third-order valence-corrected chi connectivity index (χ3v) is 6.94. The molecule has 31 heavy (non-hydrogen) atoms. The second-order valence-corrected chi connectivity index (χ2v) is 12.6. The summed E-state index contributed by atoms with van der Waals surface area (Å²) in [6.45, 7) is 22.7. The SMILES string of the molecule is CC(C)(C)C(O[SiH3])C(C)(C)N(c1ccc(C=CC=O)cc1)C(C)(C)C(O[SiH3])C(C)(C)C. The Bertz CT molecular complexity index is 710. The van der Waals surface area contributed by atoms with E-state index in [0.717, 1.165) is 17.5 Å². The maximum Gasteiger partial charge on any atom is 0.146 e. The van der Waals surface area contributed by atoms with Crippen LogP contribution in [-0.2, 0) is 13.6 Å². The first-order valence-corrected chi connectivity index (χ1v) is 12.8. The van der Waals surface area contributed by atoms with Crippen molar-refractivity contribution in [2.75, 3.05) is 4.90 Å². The van der Waals surface area contributed by atoms with Crippen LogP contribution in [0.4, 0.5) is 5.69 Å². The summed E-state index contributed by atoms with van der Waals surface area (Å²) in [4.78, 5) is 13.2. The minimum atomic E-state index is -0.298. The number of hydrogen-bond acceptors (Lipinski definition) is 4. The molecule has 0 aliphatic heterocycles. The van der Waals surface area contributed by atoms with Crippen molar-refractivity contribution in [3.8, 4) is 0 Å². The zero-order valence-electron chi connectivity index (χ0n) is 21.9. The first kappa shape index (κ1) is 27.8. The lowest BCUT2D eigenvalue weighted by Crippen LogP contribution is -2.69. The van der Waals surface area contributed by atoms with E-state index in [2.05, 4.69) is 98.4 Å². The van der Waals surface area contributed by atoms with E-state index in [1.165, 1.54) is 6.08 Å². The fourth-order valence-electron chi connectivity index (χ4n) is 5.93. The first-order chi connectivity index (χ1) is 14.0. The van der Waals surface area contributed by atoms with Gasteiger partial charge in [-0.1, -0.05) is 59.8 Å². The molecule has 0 aliphatic rings. The molecule has 6 heteroatoms. The highest BCUT2D eigenvalue weighted by atomic mass is 28.2. The van der Waals surface area contributed by atoms with E-state index in [-0.39, 0.29) is 34.1 Å². The molecular weight excluding hydrogens is 418 g/mol. The zero-order valence-corrected chi connectivity index (χ0v) is 25.9. The summed E-state index contributed by atoms with van der Waals surface area (Å²) in [5, 5.41) is 0. The summed E-state index contributed by atoms with van der Waals surface area (Å²) in [5.41, 5.74) is 1.49. The fraction of sp³-hybridized carbons (Fsp3) is 0.640. The lowest BCUT2D eigenvalue weighted by molar-refractivity contribution is -0.104. The highest BCUT2D eigenvalue weighted by Gasteiger charge is 2.51. The number of rotatable bonds is 9. The van der Waals surface area contributed by atoms with Gasteiger partial charge in [-0.05, 0) is 62.3 Å². The van der Waals surface area contributed by atoms with E-state index >= 15 is 0 Å². The molecule has 0 saturated heterocycles. The number of benzene rings is 1. The first-order valence-electron chi connectivity index (χ1n) is 11.1. The highest BCUT2D eigenvalue weighted by molar-refractivity contribution is 5.98. The van der Waals surface area contributed by atoms with Crippen molar-refractivity contribution < 1.29 is 13.6 Å². The Morgan fingerprint density at radius 3 is 1.45 bits per heavy atom. The topological polar surface area (TPSA) is 38.8 Å². The van der Waals surface area contributed by atoms with Crippen molar-refractivity contribution in [3.05, 3.63) is 35.9 Å². The lowest BCUT2D eigenvalue weighted by atomic mass is 9.71. The normalized spacial score (nSPS) is 15.9. The minimum absolute atomic E-state index is 0.0225. The molecule has 4 nitrogen and oxygen atoms in total. The van der Waals surface area contributed by atoms with Crippen LogP contribution in [0.1, 0.15) is 74.8 Å². The molecule has 0 saturated carbocycles. The van der Waals surface area contributed by atoms with Crippen LogP contribution in [0.5, 0.6) is 0 Å². The molecule has 1 rings (SSSR count). The van der Waals surface area contributed by atoms with E-state index in [0.29, 0.717) is 21.0 Å². The number of nitrogens with zero attached hydrogens (tertiary/aromatic N) is 1. The molecule has 0 bridgehead atoms. The predicted molar refractivity (Wildman–Crippen MR) is 141 cm³/mol. The van der Waals surface area contributed by atoms with Crippen LogP contribution in [0.2, 0.25) is 0 Å². The Morgan fingerprint density at radius 2 is 1.16 bits per heavy atom. The maximum absolute atomic E-state index is 10.7. The number of carbonyl (C=O) groups excluding carboxylic acids is 1. The van der Waals surface area contributed by atoms with Gasteiger partial charge in [0.2, 0.25) is 0 Å². The maximum atomic E-state index is 10.7. The molecule has 0 amide bonds. The fourth-order valence-corrected chi connectivity index (χ4v) is 8.50. The molecule has 2 atom stereocenters. The molecular formula is C25H45NO3Si2. The number of hydrogen-bond donors (Lipinski definition) is 0. The van der Waals surface area contributed by atoms with Gasteiger partial charge in [0.15, 0.2) is 0 Å². The van der Waals surface area contributed by atoms with Crippen molar-refractivity contribution in [1.29, 1.82) is 0 Å². The summed E-state index contributed by atoms with van der Waals surface area (Å²) < 4.78 is 12.5. The summed E-state index contributed by atoms with van der Waals surface area (Å²) >= 11 is 0. The van der Waals surface area contributed by atoms with E-state index in [1.54, 1.807) is 0 Å². The molecule has 0 fully saturated rings. The van der Waals surface area contributed by atoms with Gasteiger partial charge in [-0.25, -0.2) is 0 Å². The predicted octanol–water partition coefficient (Wildman–Crippen LogP) is 3.69. The van der Waals surface area contributed by atoms with E-state index in [1.807, 2.05) is 6.08 Å². The molecule has 2 unspecified atom stereocenters. The van der Waals surface area contributed by atoms with Crippen LogP contribution in [0.25, 0.3) is 6.08 Å². The van der Waals surface area contributed by atoms with Crippen molar-refractivity contribution in [3.63, 3.8) is 0 Å². The molecule has 0 spiro atoms. The number of carbonyl (C=O) groups is 1. The minimum Gasteiger partial charge on any atom is -0.422 e. The van der Waals surface area contributed by atoms with Gasteiger partial charge in [0.25, 0.3) is 0 Å². The molecule has 1 aromatic rings. The van der Waals surface area contributed by atoms with Gasteiger partial charge >= 0.3 is 0 Å². The Balaban J connectivity index is 3.74. The summed E-state index contributed by atoms with van der Waals surface area (Å²) in [6, 6.07) is 8.42. The third-order valence-electron chi connectivity index (χ3n) is 6.00. The molecule has 0 aliphatic carbocycles. The van der Waals surface area contributed by atoms with Crippen molar-refractivity contribution in [2.45, 2.75) is 92.5 Å². The van der Waals surface area contributed by atoms with Crippen LogP contribution in [0, 0.1) is 10.8 Å². The van der Waals surface area contributed by atoms with Crippen molar-refractivity contribution >= 4 is 39.0 Å². The second kappa shape index (κ2) is 10.2. The van der Waals surface area contributed by atoms with Crippen LogP contribution < -0.4 is 4.90 Å². The summed E-state index contributed by atoms with van der Waals surface area (Å²) in [5.74, 6) is 0. The number of allylic oxidation sites excluding steroid dienone is 1. The Labute approximate surface area is 196 Å². The standard InChI is InChI=1S/C25H45NO3Si2/c1-22(2,3)20(28-30)24(7,8)26(25(9,10)21(29-31)23(4,5)6)19-15-13-18(14-16-19)12-11-17-27/h11-17,20-21H,1-10,30-31H3. The molecule has 0 heterocycles. The molecule has 0 radical (unpaired) electrons. The van der Waals surface area contributed by atoms with Crippen molar-refractivity contribution in [1.82, 2.24) is 0 Å². The Kier molecular flexibility index (Phi) is 9.11. The average Bonchev–Trinajstić information content (AvgIpc) is 2.58. The van der Waals surface area contributed by atoms with Gasteiger partial charge < -0.3 is 13.8 Å². The lowest BCUT2D eigenvalue weighted by Gasteiger charge is -2.59. The molecule has 0 aromatic heterocycles. The van der Waals surface area contributed by atoms with Crippen LogP contribution in [0.3, 0.4) is 0 Å². The highest BCUT2D eigenvalue weighted by Crippen LogP contribution is 2.45. The zero-order chi connectivity index (χ0) is 24.3. The van der Waals surface area contributed by atoms with E-state index in [9.17, 15) is 4.79 Å². The van der Waals surface area contributed by atoms with Gasteiger partial charge in [-0.2, -0.15) is 0 Å². The van der Waals surface area contributed by atoms with Gasteiger partial charge in [-0.15, -0.1) is 0 Å². The number of anilines is 1. The summed E-state index contributed by atoms with van der Waals surface area (Å²) in [6.07, 6.45) is 4.23. The van der Waals surface area contributed by atoms with Crippen LogP contribution in [0.15, 0.2) is 30.3 Å². The molecule has 176 valence electrons. The summed E-state index contributed by atoms with van der Waals surface area (Å²) in [7, 11) is 1.35. The van der Waals surface area contributed by atoms with Gasteiger partial charge in [0, 0.05) is 5.69 Å². The molecule has 1 aromatic carbocycles. The van der Waals surface area contributed by atoms with Crippen LogP contribution in [-0.4, -0.2) is 50.5 Å². The third kappa shape index (κ3) is 6.40. The Morgan fingerprint density at radius 1 is 0.774 bits per heavy atom. The second-order valence-electron chi connectivity index (χ2n) is 11.7. The monoisotopic (exact) mass is 463 g/mol. The Hall–Kier alpha value is -1.22. The van der Waals surface area contributed by atoms with Gasteiger partial charge in [0.1, 0.15) is 27.3 Å². The van der Waals surface area contributed by atoms with E-state index in [4.69, 9.17) is 8.85 Å². The van der Waals surface area contributed by atoms with Gasteiger partial charge in [0.05, 0.1) is 23.3 Å². The average molecular weight is 464 g/mol. The number of aldehydes is 1. The van der Waals surface area contributed by atoms with E-state index < -0.39 is 0 Å². The van der Waals surface area contributed by atoms with Crippen LogP contribution >= 0.6 is 0 Å². The quantitative estimate of drug-likeness (QED) is 0.318. The van der Waals surface area contributed by atoms with Gasteiger partial charge in [-0.3, -0.25) is 4.79 Å². The largest absolute Gasteiger partial charge is 0.422 e. The smallest absolute Gasteiger partial charge is 0.146 e. The van der Waals surface area contributed by atoms with Crippen molar-refractivity contribution in [2.24, 2.45) is 10.8 Å².